The molecule has 1 aliphatic carbocycles. The number of halogens is 1. The van der Waals surface area contributed by atoms with Crippen molar-refractivity contribution in [3.05, 3.63) is 58.9 Å². The van der Waals surface area contributed by atoms with E-state index in [-0.39, 0.29) is 17.0 Å². The van der Waals surface area contributed by atoms with E-state index in [2.05, 4.69) is 9.97 Å². The fourth-order valence-corrected chi connectivity index (χ4v) is 3.49. The van der Waals surface area contributed by atoms with Crippen molar-refractivity contribution in [3.8, 4) is 0 Å². The second-order valence-electron chi connectivity index (χ2n) is 5.81. The number of nitrogens with one attached hydrogen (secondary N) is 1. The Morgan fingerprint density at radius 1 is 1.38 bits per heavy atom. The van der Waals surface area contributed by atoms with Crippen molar-refractivity contribution in [2.75, 3.05) is 0 Å². The maximum atomic E-state index is 13.2. The van der Waals surface area contributed by atoms with Gasteiger partial charge in [0.2, 0.25) is 10.0 Å². The highest BCUT2D eigenvalue weighted by molar-refractivity contribution is 7.89. The number of benzene rings is 1. The Bertz CT molecular complexity index is 895. The maximum Gasteiger partial charge on any atom is 0.268 e. The largest absolute Gasteiger partial charge is 0.268 e. The van der Waals surface area contributed by atoms with Crippen molar-refractivity contribution in [3.63, 3.8) is 0 Å². The van der Waals surface area contributed by atoms with Crippen LogP contribution in [0.15, 0.2) is 30.5 Å². The predicted molar refractivity (Wildman–Crippen MR) is 85.2 cm³/mol. The quantitative estimate of drug-likeness (QED) is 0.892. The fraction of sp³-hybridized carbons (Fsp3) is 0.312. The summed E-state index contributed by atoms with van der Waals surface area (Å²) < 4.78 is 39.5. The van der Waals surface area contributed by atoms with Gasteiger partial charge < -0.3 is 0 Å². The second kappa shape index (κ2) is 6.27. The average molecular weight is 349 g/mol. The molecule has 0 spiro atoms. The van der Waals surface area contributed by atoms with Gasteiger partial charge in [0.1, 0.15) is 11.6 Å². The van der Waals surface area contributed by atoms with Gasteiger partial charge in [0.05, 0.1) is 17.0 Å². The molecule has 1 aromatic heterocycles. The zero-order valence-electron chi connectivity index (χ0n) is 13.0. The first-order valence-corrected chi connectivity index (χ1v) is 9.12. The Morgan fingerprint density at radius 3 is 2.79 bits per heavy atom. The molecule has 24 heavy (non-hydrogen) atoms. The molecule has 0 radical (unpaired) electrons. The molecule has 1 saturated carbocycles. The average Bonchev–Trinajstić information content (AvgIpc) is 3.30. The lowest BCUT2D eigenvalue weighted by molar-refractivity contribution is 0.0979. The molecule has 0 bridgehead atoms. The van der Waals surface area contributed by atoms with Crippen molar-refractivity contribution in [1.82, 2.24) is 14.7 Å². The third-order valence-corrected chi connectivity index (χ3v) is 4.85. The molecule has 6 nitrogen and oxygen atoms in total. The Labute approximate surface area is 139 Å². The monoisotopic (exact) mass is 349 g/mol. The van der Waals surface area contributed by atoms with E-state index in [1.807, 2.05) is 4.72 Å². The molecule has 1 aliphatic rings. The molecule has 1 heterocycles. The third-order valence-electron chi connectivity index (χ3n) is 3.64. The van der Waals surface area contributed by atoms with Crippen LogP contribution in [0.3, 0.4) is 0 Å². The van der Waals surface area contributed by atoms with Crippen LogP contribution in [0.1, 0.15) is 46.2 Å². The maximum absolute atomic E-state index is 13.2. The van der Waals surface area contributed by atoms with E-state index >= 15 is 0 Å². The Morgan fingerprint density at radius 2 is 2.12 bits per heavy atom. The minimum Gasteiger partial charge on any atom is -0.268 e. The van der Waals surface area contributed by atoms with Crippen molar-refractivity contribution in [1.29, 1.82) is 0 Å². The van der Waals surface area contributed by atoms with Gasteiger partial charge in [-0.3, -0.25) is 4.79 Å². The van der Waals surface area contributed by atoms with Crippen LogP contribution in [-0.2, 0) is 15.8 Å². The van der Waals surface area contributed by atoms with Crippen LogP contribution >= 0.6 is 0 Å². The van der Waals surface area contributed by atoms with Crippen LogP contribution in [0.2, 0.25) is 0 Å². The van der Waals surface area contributed by atoms with Gasteiger partial charge in [0.15, 0.2) is 0 Å². The normalized spacial score (nSPS) is 14.4. The summed E-state index contributed by atoms with van der Waals surface area (Å²) in [5, 5.41) is 0. The number of carbonyl (C=O) groups excluding carboxylic acids is 1. The first kappa shape index (κ1) is 16.5. The Kier molecular flexibility index (Phi) is 4.31. The van der Waals surface area contributed by atoms with Crippen LogP contribution in [-0.4, -0.2) is 24.3 Å². The molecule has 1 aromatic carbocycles. The molecule has 2 aromatic rings. The topological polar surface area (TPSA) is 89.0 Å². The summed E-state index contributed by atoms with van der Waals surface area (Å²) in [5.74, 6) is -1.05. The number of nitrogens with zero attached hydrogens (tertiary/aromatic N) is 2. The number of aromatic nitrogens is 2. The highest BCUT2D eigenvalue weighted by Crippen LogP contribution is 2.40. The SMILES string of the molecule is Cc1ncc(C(=O)NS(=O)(=O)Cc2cccc(F)c2)c(C2CC2)n1. The molecule has 1 amide bonds. The highest BCUT2D eigenvalue weighted by atomic mass is 32.2. The number of hydrogen-bond acceptors (Lipinski definition) is 5. The van der Waals surface area contributed by atoms with Gasteiger partial charge >= 0.3 is 0 Å². The van der Waals surface area contributed by atoms with Gasteiger partial charge in [-0.15, -0.1) is 0 Å². The van der Waals surface area contributed by atoms with Crippen LogP contribution < -0.4 is 4.72 Å². The van der Waals surface area contributed by atoms with Crippen LogP contribution in [0.4, 0.5) is 4.39 Å². The van der Waals surface area contributed by atoms with E-state index < -0.39 is 27.5 Å². The van der Waals surface area contributed by atoms with Crippen LogP contribution in [0.5, 0.6) is 0 Å². The molecule has 0 saturated heterocycles. The zero-order valence-corrected chi connectivity index (χ0v) is 13.8. The summed E-state index contributed by atoms with van der Waals surface area (Å²) in [6.07, 6.45) is 3.20. The summed E-state index contributed by atoms with van der Waals surface area (Å²) in [5.41, 5.74) is 1.02. The van der Waals surface area contributed by atoms with E-state index in [4.69, 9.17) is 0 Å². The first-order valence-electron chi connectivity index (χ1n) is 7.47. The molecule has 126 valence electrons. The minimum atomic E-state index is -3.95. The number of sulfonamides is 1. The summed E-state index contributed by atoms with van der Waals surface area (Å²) in [6, 6.07) is 5.24. The van der Waals surface area contributed by atoms with Gasteiger partial charge in [-0.05, 0) is 37.5 Å². The summed E-state index contributed by atoms with van der Waals surface area (Å²) in [6.45, 7) is 1.72. The van der Waals surface area contributed by atoms with Crippen molar-refractivity contribution in [2.24, 2.45) is 0 Å². The summed E-state index contributed by atoms with van der Waals surface area (Å²) in [4.78, 5) is 20.6. The molecule has 8 heteroatoms. The van der Waals surface area contributed by atoms with Gasteiger partial charge in [0, 0.05) is 12.1 Å². The van der Waals surface area contributed by atoms with Crippen molar-refractivity contribution >= 4 is 15.9 Å². The van der Waals surface area contributed by atoms with Crippen molar-refractivity contribution < 1.29 is 17.6 Å². The van der Waals surface area contributed by atoms with Crippen molar-refractivity contribution in [2.45, 2.75) is 31.4 Å². The molecule has 1 fully saturated rings. The van der Waals surface area contributed by atoms with Crippen LogP contribution in [0, 0.1) is 12.7 Å². The second-order valence-corrected chi connectivity index (χ2v) is 7.53. The number of rotatable bonds is 5. The van der Waals surface area contributed by atoms with Gasteiger partial charge in [-0.25, -0.2) is 27.5 Å². The van der Waals surface area contributed by atoms with E-state index in [0.29, 0.717) is 11.5 Å². The smallest absolute Gasteiger partial charge is 0.268 e. The molecular weight excluding hydrogens is 333 g/mol. The van der Waals surface area contributed by atoms with E-state index in [0.717, 1.165) is 18.9 Å². The lowest BCUT2D eigenvalue weighted by Crippen LogP contribution is -2.32. The van der Waals surface area contributed by atoms with Gasteiger partial charge in [-0.2, -0.15) is 0 Å². The summed E-state index contributed by atoms with van der Waals surface area (Å²) >= 11 is 0. The highest BCUT2D eigenvalue weighted by Gasteiger charge is 2.31. The Balaban J connectivity index is 1.79. The number of hydrogen-bond donors (Lipinski definition) is 1. The number of aryl methyl sites for hydroxylation is 1. The van der Waals surface area contributed by atoms with Gasteiger partial charge in [-0.1, -0.05) is 12.1 Å². The van der Waals surface area contributed by atoms with E-state index in [9.17, 15) is 17.6 Å². The van der Waals surface area contributed by atoms with Crippen LogP contribution in [0.25, 0.3) is 0 Å². The first-order chi connectivity index (χ1) is 11.3. The molecular formula is C16H16FN3O3S. The lowest BCUT2D eigenvalue weighted by Gasteiger charge is -2.10. The minimum absolute atomic E-state index is 0.172. The molecule has 0 aliphatic heterocycles. The Hall–Kier alpha value is -2.35. The predicted octanol–water partition coefficient (Wildman–Crippen LogP) is 2.06. The molecule has 0 unspecified atom stereocenters. The lowest BCUT2D eigenvalue weighted by atomic mass is 10.1. The van der Waals surface area contributed by atoms with Gasteiger partial charge in [0.25, 0.3) is 5.91 Å². The number of carbonyl (C=O) groups is 1. The number of amides is 1. The summed E-state index contributed by atoms with van der Waals surface area (Å²) in [7, 11) is -3.95. The molecule has 1 N–H and O–H groups in total. The molecule has 0 atom stereocenters. The standard InChI is InChI=1S/C16H16FN3O3S/c1-10-18-8-14(15(19-10)12-5-6-12)16(21)20-24(22,23)9-11-3-2-4-13(17)7-11/h2-4,7-8,12H,5-6,9H2,1H3,(H,20,21). The van der Waals surface area contributed by atoms with E-state index in [1.54, 1.807) is 6.92 Å². The van der Waals surface area contributed by atoms with E-state index in [1.165, 1.54) is 24.4 Å². The molecule has 3 rings (SSSR count). The fourth-order valence-electron chi connectivity index (χ4n) is 2.41. The zero-order chi connectivity index (χ0) is 17.3. The third kappa shape index (κ3) is 3.94.